The molecule has 0 aromatic carbocycles. The van der Waals surface area contributed by atoms with E-state index in [4.69, 9.17) is 5.73 Å². The van der Waals surface area contributed by atoms with Gasteiger partial charge in [0.1, 0.15) is 5.82 Å². The molecule has 0 aliphatic carbocycles. The second-order valence-corrected chi connectivity index (χ2v) is 6.19. The highest BCUT2D eigenvalue weighted by atomic mass is 16.5. The molecule has 2 N–H and O–H groups in total. The molecule has 154 valence electrons. The highest BCUT2D eigenvalue weighted by molar-refractivity contribution is 5.94. The molecule has 2 atom stereocenters. The van der Waals surface area contributed by atoms with Crippen LogP contribution in [0.2, 0.25) is 0 Å². The number of nitrogen functional groups attached to an aromatic ring is 1. The van der Waals surface area contributed by atoms with Crippen LogP contribution in [-0.4, -0.2) is 65.5 Å². The number of piperazine rings is 1. The molecule has 0 spiro atoms. The molecular weight excluding hydrogens is 344 g/mol. The van der Waals surface area contributed by atoms with E-state index in [2.05, 4.69) is 21.7 Å². The van der Waals surface area contributed by atoms with E-state index in [1.807, 2.05) is 32.6 Å². The van der Waals surface area contributed by atoms with E-state index in [9.17, 15) is 9.59 Å². The molecule has 2 bridgehead atoms. The average molecular weight is 381 g/mol. The fraction of sp³-hybridized carbons (Fsp3) is 0.650. The molecule has 2 unspecified atom stereocenters. The van der Waals surface area contributed by atoms with Crippen LogP contribution in [0.15, 0.2) is 18.3 Å². The maximum atomic E-state index is 12.3. The summed E-state index contributed by atoms with van der Waals surface area (Å²) in [4.78, 5) is 29.9. The number of pyridine rings is 1. The van der Waals surface area contributed by atoms with E-state index in [1.54, 1.807) is 32.2 Å². The van der Waals surface area contributed by atoms with Crippen molar-refractivity contribution in [2.24, 2.45) is 0 Å². The summed E-state index contributed by atoms with van der Waals surface area (Å²) in [5, 5.41) is 0. The summed E-state index contributed by atoms with van der Waals surface area (Å²) in [7, 11) is 2.12. The lowest BCUT2D eigenvalue weighted by Crippen LogP contribution is -2.47. The highest BCUT2D eigenvalue weighted by Crippen LogP contribution is 2.30. The van der Waals surface area contributed by atoms with Crippen molar-refractivity contribution in [1.82, 2.24) is 14.8 Å². The van der Waals surface area contributed by atoms with E-state index < -0.39 is 0 Å². The number of hydrogen-bond donors (Lipinski definition) is 1. The van der Waals surface area contributed by atoms with Gasteiger partial charge in [-0.3, -0.25) is 14.5 Å². The Hall–Kier alpha value is -2.15. The molecule has 2 fully saturated rings. The molecule has 3 heterocycles. The van der Waals surface area contributed by atoms with Gasteiger partial charge in [0.2, 0.25) is 0 Å². The third-order valence-corrected chi connectivity index (χ3v) is 4.14. The second kappa shape index (κ2) is 13.1. The molecule has 7 nitrogen and oxygen atoms in total. The summed E-state index contributed by atoms with van der Waals surface area (Å²) in [6.45, 7) is 13.9. The quantitative estimate of drug-likeness (QED) is 0.811. The van der Waals surface area contributed by atoms with Crippen molar-refractivity contribution in [3.63, 3.8) is 0 Å². The number of ether oxygens (including phenoxy) is 1. The maximum absolute atomic E-state index is 12.3. The molecule has 1 aromatic heterocycles. The number of carbonyl (C=O) groups is 2. The lowest BCUT2D eigenvalue weighted by molar-refractivity contribution is -0.131. The summed E-state index contributed by atoms with van der Waals surface area (Å²) in [6, 6.07) is 4.33. The van der Waals surface area contributed by atoms with Gasteiger partial charge in [-0.25, -0.2) is 4.98 Å². The van der Waals surface area contributed by atoms with Crippen LogP contribution in [0.25, 0.3) is 0 Å². The van der Waals surface area contributed by atoms with Gasteiger partial charge in [0.15, 0.2) is 0 Å². The molecule has 27 heavy (non-hydrogen) atoms. The normalized spacial score (nSPS) is 19.8. The molecule has 2 aliphatic rings. The molecule has 0 saturated carbocycles. The minimum Gasteiger partial charge on any atom is -0.465 e. The Balaban J connectivity index is 0.000000577. The Morgan fingerprint density at radius 3 is 2.19 bits per heavy atom. The van der Waals surface area contributed by atoms with E-state index in [0.717, 1.165) is 19.5 Å². The largest absolute Gasteiger partial charge is 0.465 e. The Kier molecular flexibility index (Phi) is 12.0. The third kappa shape index (κ3) is 7.54. The minimum atomic E-state index is 0.0301. The molecule has 7 heteroatoms. The Labute approximate surface area is 163 Å². The number of rotatable bonds is 3. The van der Waals surface area contributed by atoms with E-state index >= 15 is 0 Å². The fourth-order valence-corrected chi connectivity index (χ4v) is 2.92. The number of nitrogens with two attached hydrogens (primary N) is 1. The molecule has 1 amide bonds. The third-order valence-electron chi connectivity index (χ3n) is 4.14. The van der Waals surface area contributed by atoms with E-state index in [1.165, 1.54) is 0 Å². The molecule has 2 aliphatic heterocycles. The minimum absolute atomic E-state index is 0.0301. The molecular formula is C20H36N4O3. The van der Waals surface area contributed by atoms with Crippen LogP contribution < -0.4 is 5.73 Å². The Bertz CT molecular complexity index is 547. The summed E-state index contributed by atoms with van der Waals surface area (Å²) in [5.41, 5.74) is 6.15. The van der Waals surface area contributed by atoms with Gasteiger partial charge < -0.3 is 15.4 Å². The number of anilines is 1. The number of carbonyl (C=O) groups excluding carboxylic acids is 2. The summed E-state index contributed by atoms with van der Waals surface area (Å²) >= 11 is 0. The first-order valence-electron chi connectivity index (χ1n) is 9.74. The first-order chi connectivity index (χ1) is 12.9. The predicted octanol–water partition coefficient (Wildman–Crippen LogP) is 2.81. The smallest absolute Gasteiger partial charge is 0.293 e. The summed E-state index contributed by atoms with van der Waals surface area (Å²) in [6.07, 6.45) is 2.69. The predicted molar refractivity (Wildman–Crippen MR) is 109 cm³/mol. The number of nitrogens with zero attached hydrogens (tertiary/aromatic N) is 3. The van der Waals surface area contributed by atoms with Crippen molar-refractivity contribution in [3.8, 4) is 0 Å². The van der Waals surface area contributed by atoms with Crippen molar-refractivity contribution in [1.29, 1.82) is 0 Å². The zero-order valence-electron chi connectivity index (χ0n) is 17.8. The van der Waals surface area contributed by atoms with Crippen molar-refractivity contribution in [2.75, 3.05) is 25.9 Å². The molecule has 2 saturated heterocycles. The number of likely N-dealkylation sites (tertiary alicyclic amines) is 2. The van der Waals surface area contributed by atoms with Crippen LogP contribution in [0.4, 0.5) is 5.82 Å². The SMILES string of the molecule is CC.CC.CC(C)OC=O.CN1CC2CC1CN2C(=O)c1ccc(N)nc1. The van der Waals surface area contributed by atoms with Crippen LogP contribution in [0.1, 0.15) is 58.3 Å². The summed E-state index contributed by atoms with van der Waals surface area (Å²) in [5.74, 6) is 0.530. The van der Waals surface area contributed by atoms with Gasteiger partial charge in [-0.05, 0) is 39.4 Å². The van der Waals surface area contributed by atoms with Gasteiger partial charge in [0.05, 0.1) is 11.7 Å². The fourth-order valence-electron chi connectivity index (χ4n) is 2.92. The average Bonchev–Trinajstić information content (AvgIpc) is 3.25. The second-order valence-electron chi connectivity index (χ2n) is 6.19. The number of likely N-dealkylation sites (N-methyl/N-ethyl adjacent to an activating group) is 1. The van der Waals surface area contributed by atoms with Crippen LogP contribution in [0.3, 0.4) is 0 Å². The number of aromatic nitrogens is 1. The number of hydrogen-bond acceptors (Lipinski definition) is 6. The highest BCUT2D eigenvalue weighted by Gasteiger charge is 2.43. The summed E-state index contributed by atoms with van der Waals surface area (Å²) < 4.78 is 4.36. The van der Waals surface area contributed by atoms with Crippen molar-refractivity contribution >= 4 is 18.2 Å². The van der Waals surface area contributed by atoms with Gasteiger partial charge >= 0.3 is 0 Å². The molecule has 0 radical (unpaired) electrons. The van der Waals surface area contributed by atoms with Crippen LogP contribution in [0, 0.1) is 0 Å². The zero-order chi connectivity index (χ0) is 21.0. The van der Waals surface area contributed by atoms with Gasteiger partial charge in [0, 0.05) is 31.4 Å². The lowest BCUT2D eigenvalue weighted by Gasteiger charge is -2.31. The number of fused-ring (bicyclic) bond motifs is 2. The Morgan fingerprint density at radius 1 is 1.22 bits per heavy atom. The van der Waals surface area contributed by atoms with Crippen molar-refractivity contribution in [2.45, 2.75) is 66.2 Å². The van der Waals surface area contributed by atoms with Crippen LogP contribution >= 0.6 is 0 Å². The van der Waals surface area contributed by atoms with Crippen LogP contribution in [-0.2, 0) is 9.53 Å². The van der Waals surface area contributed by atoms with Gasteiger partial charge in [-0.15, -0.1) is 0 Å². The molecule has 3 rings (SSSR count). The Morgan fingerprint density at radius 2 is 1.85 bits per heavy atom. The van der Waals surface area contributed by atoms with E-state index in [0.29, 0.717) is 29.9 Å². The van der Waals surface area contributed by atoms with Crippen molar-refractivity contribution in [3.05, 3.63) is 23.9 Å². The monoisotopic (exact) mass is 380 g/mol. The molecule has 1 aromatic rings. The van der Waals surface area contributed by atoms with Crippen LogP contribution in [0.5, 0.6) is 0 Å². The van der Waals surface area contributed by atoms with Gasteiger partial charge in [-0.2, -0.15) is 0 Å². The van der Waals surface area contributed by atoms with Gasteiger partial charge in [-0.1, -0.05) is 27.7 Å². The van der Waals surface area contributed by atoms with Gasteiger partial charge in [0.25, 0.3) is 12.4 Å². The van der Waals surface area contributed by atoms with Crippen molar-refractivity contribution < 1.29 is 14.3 Å². The zero-order valence-corrected chi connectivity index (χ0v) is 17.8. The maximum Gasteiger partial charge on any atom is 0.293 e. The topological polar surface area (TPSA) is 88.8 Å². The van der Waals surface area contributed by atoms with E-state index in [-0.39, 0.29) is 12.0 Å². The first-order valence-corrected chi connectivity index (χ1v) is 9.74. The lowest BCUT2D eigenvalue weighted by atomic mass is 10.2. The number of amides is 1. The first kappa shape index (κ1) is 24.8. The standard InChI is InChI=1S/C12H16N4O.C4H8O2.2C2H6/c1-15-6-10-4-9(15)7-16(10)12(17)8-2-3-11(13)14-5-8;1-4(2)6-3-5;2*1-2/h2-3,5,9-10H,4,6-7H2,1H3,(H2,13,14);3-4H,1-2H3;2*1-2H3.